The van der Waals surface area contributed by atoms with Crippen LogP contribution in [0.1, 0.15) is 19.3 Å². The molecule has 2 rings (SSSR count). The number of aliphatic hydroxyl groups excluding tert-OH is 1. The van der Waals surface area contributed by atoms with E-state index in [0.717, 1.165) is 37.6 Å². The second-order valence-corrected chi connectivity index (χ2v) is 4.38. The van der Waals surface area contributed by atoms with Gasteiger partial charge in [-0.2, -0.15) is 0 Å². The maximum Gasteiger partial charge on any atom is 0.160 e. The van der Waals surface area contributed by atoms with Crippen LogP contribution >= 0.6 is 0 Å². The summed E-state index contributed by atoms with van der Waals surface area (Å²) in [6.45, 7) is 2.65. The van der Waals surface area contributed by atoms with E-state index in [9.17, 15) is 8.78 Å². The van der Waals surface area contributed by atoms with Crippen molar-refractivity contribution in [1.29, 1.82) is 0 Å². The fourth-order valence-electron chi connectivity index (χ4n) is 1.87. The Balaban J connectivity index is 0.000000180. The molecule has 0 atom stereocenters. The number of hydrogen-bond donors (Lipinski definition) is 3. The lowest BCUT2D eigenvalue weighted by Crippen LogP contribution is -2.28. The second kappa shape index (κ2) is 8.00. The quantitative estimate of drug-likeness (QED) is 0.710. The molecule has 1 fully saturated rings. The monoisotopic (exact) mass is 258 g/mol. The number of rotatable bonds is 2. The van der Waals surface area contributed by atoms with Crippen LogP contribution in [0.15, 0.2) is 18.2 Å². The van der Waals surface area contributed by atoms with E-state index < -0.39 is 11.6 Å². The van der Waals surface area contributed by atoms with E-state index in [0.29, 0.717) is 6.61 Å². The summed E-state index contributed by atoms with van der Waals surface area (Å²) in [4.78, 5) is 0. The smallest absolute Gasteiger partial charge is 0.160 e. The number of piperidine rings is 1. The van der Waals surface area contributed by atoms with Gasteiger partial charge in [0.1, 0.15) is 0 Å². The van der Waals surface area contributed by atoms with E-state index in [4.69, 9.17) is 10.8 Å². The third-order valence-corrected chi connectivity index (χ3v) is 2.94. The Morgan fingerprint density at radius 2 is 1.89 bits per heavy atom. The summed E-state index contributed by atoms with van der Waals surface area (Å²) in [5, 5.41) is 11.9. The number of aliphatic hydroxyl groups is 1. The minimum atomic E-state index is -0.907. The van der Waals surface area contributed by atoms with Crippen LogP contribution in [0.4, 0.5) is 14.5 Å². The van der Waals surface area contributed by atoms with E-state index >= 15 is 0 Å². The first-order valence-corrected chi connectivity index (χ1v) is 6.15. The van der Waals surface area contributed by atoms with Gasteiger partial charge in [-0.25, -0.2) is 8.78 Å². The molecule has 1 saturated heterocycles. The summed E-state index contributed by atoms with van der Waals surface area (Å²) < 4.78 is 24.2. The van der Waals surface area contributed by atoms with Crippen molar-refractivity contribution in [2.45, 2.75) is 19.3 Å². The van der Waals surface area contributed by atoms with Crippen molar-refractivity contribution in [2.75, 3.05) is 25.4 Å². The van der Waals surface area contributed by atoms with Crippen LogP contribution in [0.2, 0.25) is 0 Å². The molecule has 0 aliphatic carbocycles. The summed E-state index contributed by atoms with van der Waals surface area (Å²) in [6, 6.07) is 3.23. The zero-order valence-electron chi connectivity index (χ0n) is 10.3. The Bertz CT molecular complexity index is 352. The van der Waals surface area contributed by atoms with Crippen molar-refractivity contribution in [3.63, 3.8) is 0 Å². The Morgan fingerprint density at radius 3 is 2.39 bits per heavy atom. The number of nitrogens with two attached hydrogens (primary N) is 1. The molecule has 0 spiro atoms. The van der Waals surface area contributed by atoms with Gasteiger partial charge in [-0.05, 0) is 56.5 Å². The van der Waals surface area contributed by atoms with Gasteiger partial charge in [-0.15, -0.1) is 0 Å². The second-order valence-electron chi connectivity index (χ2n) is 4.38. The van der Waals surface area contributed by atoms with Gasteiger partial charge in [0.15, 0.2) is 11.6 Å². The number of hydrogen-bond acceptors (Lipinski definition) is 3. The Kier molecular flexibility index (Phi) is 6.60. The predicted octanol–water partition coefficient (Wildman–Crippen LogP) is 1.92. The first kappa shape index (κ1) is 14.9. The predicted molar refractivity (Wildman–Crippen MR) is 68.1 cm³/mol. The van der Waals surface area contributed by atoms with Gasteiger partial charge in [0, 0.05) is 12.3 Å². The number of nitrogen functional groups attached to an aromatic ring is 1. The number of benzene rings is 1. The largest absolute Gasteiger partial charge is 0.399 e. The van der Waals surface area contributed by atoms with Gasteiger partial charge in [0.05, 0.1) is 0 Å². The van der Waals surface area contributed by atoms with Crippen LogP contribution in [-0.2, 0) is 0 Å². The molecule has 1 aliphatic rings. The highest BCUT2D eigenvalue weighted by Gasteiger charge is 2.10. The van der Waals surface area contributed by atoms with Crippen molar-refractivity contribution in [2.24, 2.45) is 5.92 Å². The van der Waals surface area contributed by atoms with E-state index in [1.54, 1.807) is 0 Å². The molecule has 1 aromatic rings. The fourth-order valence-corrected chi connectivity index (χ4v) is 1.87. The Morgan fingerprint density at radius 1 is 1.22 bits per heavy atom. The molecule has 1 aliphatic heterocycles. The molecule has 18 heavy (non-hydrogen) atoms. The molecule has 0 aromatic heterocycles. The minimum Gasteiger partial charge on any atom is -0.399 e. The summed E-state index contributed by atoms with van der Waals surface area (Å²) in [7, 11) is 0. The standard InChI is InChI=1S/C7H15NO.C6H5F2N/c9-6-3-7-1-4-8-5-2-7;7-5-2-1-4(9)3-6(5)8/h7-9H,1-6H2;1-3H,9H2. The topological polar surface area (TPSA) is 58.3 Å². The van der Waals surface area contributed by atoms with Crippen LogP contribution in [0, 0.1) is 17.6 Å². The van der Waals surface area contributed by atoms with E-state index in [1.807, 2.05) is 0 Å². The molecule has 0 bridgehead atoms. The van der Waals surface area contributed by atoms with Crippen LogP contribution in [0.3, 0.4) is 0 Å². The lowest BCUT2D eigenvalue weighted by Gasteiger charge is -2.21. The third kappa shape index (κ3) is 5.42. The molecular weight excluding hydrogens is 238 g/mol. The van der Waals surface area contributed by atoms with Crippen LogP contribution in [-0.4, -0.2) is 24.8 Å². The van der Waals surface area contributed by atoms with Crippen molar-refractivity contribution >= 4 is 5.69 Å². The molecule has 0 saturated carbocycles. The average molecular weight is 258 g/mol. The van der Waals surface area contributed by atoms with Gasteiger partial charge in [-0.3, -0.25) is 0 Å². The molecule has 1 aromatic carbocycles. The van der Waals surface area contributed by atoms with Gasteiger partial charge in [0.2, 0.25) is 0 Å². The SMILES string of the molecule is Nc1ccc(F)c(F)c1.OCCC1CCNCC1. The van der Waals surface area contributed by atoms with Crippen LogP contribution in [0.5, 0.6) is 0 Å². The molecule has 102 valence electrons. The summed E-state index contributed by atoms with van der Waals surface area (Å²) in [5.74, 6) is -0.990. The highest BCUT2D eigenvalue weighted by molar-refractivity contribution is 5.37. The van der Waals surface area contributed by atoms with Crippen LogP contribution in [0.25, 0.3) is 0 Å². The fraction of sp³-hybridized carbons (Fsp3) is 0.538. The van der Waals surface area contributed by atoms with Gasteiger partial charge < -0.3 is 16.2 Å². The van der Waals surface area contributed by atoms with Crippen molar-refractivity contribution in [3.8, 4) is 0 Å². The highest BCUT2D eigenvalue weighted by atomic mass is 19.2. The van der Waals surface area contributed by atoms with Gasteiger partial charge >= 0.3 is 0 Å². The zero-order chi connectivity index (χ0) is 13.4. The first-order chi connectivity index (χ1) is 8.63. The average Bonchev–Trinajstić information content (AvgIpc) is 2.37. The van der Waals surface area contributed by atoms with Crippen molar-refractivity contribution in [1.82, 2.24) is 5.32 Å². The number of halogens is 2. The summed E-state index contributed by atoms with van der Waals surface area (Å²) in [6.07, 6.45) is 3.50. The molecule has 5 heteroatoms. The summed E-state index contributed by atoms with van der Waals surface area (Å²) >= 11 is 0. The number of nitrogens with one attached hydrogen (secondary N) is 1. The molecule has 1 heterocycles. The van der Waals surface area contributed by atoms with Crippen molar-refractivity contribution in [3.05, 3.63) is 29.8 Å². The maximum atomic E-state index is 12.1. The lowest BCUT2D eigenvalue weighted by atomic mass is 9.95. The van der Waals surface area contributed by atoms with Gasteiger partial charge in [0.25, 0.3) is 0 Å². The zero-order valence-corrected chi connectivity index (χ0v) is 10.3. The molecule has 0 radical (unpaired) electrons. The van der Waals surface area contributed by atoms with E-state index in [1.165, 1.54) is 18.9 Å². The molecule has 0 unspecified atom stereocenters. The van der Waals surface area contributed by atoms with E-state index in [2.05, 4.69) is 5.32 Å². The van der Waals surface area contributed by atoms with E-state index in [-0.39, 0.29) is 5.69 Å². The first-order valence-electron chi connectivity index (χ1n) is 6.15. The molecule has 4 N–H and O–H groups in total. The Hall–Kier alpha value is -1.20. The Labute approximate surface area is 106 Å². The number of anilines is 1. The lowest BCUT2D eigenvalue weighted by molar-refractivity contribution is 0.235. The molecule has 3 nitrogen and oxygen atoms in total. The third-order valence-electron chi connectivity index (χ3n) is 2.94. The normalized spacial score (nSPS) is 15.9. The summed E-state index contributed by atoms with van der Waals surface area (Å²) in [5.41, 5.74) is 5.35. The molecular formula is C13H20F2N2O. The van der Waals surface area contributed by atoms with Crippen molar-refractivity contribution < 1.29 is 13.9 Å². The molecule has 0 amide bonds. The highest BCUT2D eigenvalue weighted by Crippen LogP contribution is 2.14. The van der Waals surface area contributed by atoms with Gasteiger partial charge in [-0.1, -0.05) is 0 Å². The van der Waals surface area contributed by atoms with Crippen LogP contribution < -0.4 is 11.1 Å². The maximum absolute atomic E-state index is 12.1. The minimum absolute atomic E-state index is 0.230.